The highest BCUT2D eigenvalue weighted by molar-refractivity contribution is 7.89. The molecule has 2 aromatic carbocycles. The Kier molecular flexibility index (Phi) is 5.48. The quantitative estimate of drug-likeness (QED) is 0.578. The van der Waals surface area contributed by atoms with Crippen LogP contribution in [0.4, 0.5) is 5.69 Å². The van der Waals surface area contributed by atoms with Gasteiger partial charge in [-0.15, -0.1) is 0 Å². The van der Waals surface area contributed by atoms with Crippen LogP contribution in [0.15, 0.2) is 57.8 Å². The second-order valence-electron chi connectivity index (χ2n) is 7.30. The molecule has 7 nitrogen and oxygen atoms in total. The fourth-order valence-electron chi connectivity index (χ4n) is 3.53. The molecule has 0 N–H and O–H groups in total. The number of oxazole rings is 1. The summed E-state index contributed by atoms with van der Waals surface area (Å²) in [5, 5.41) is 0. The van der Waals surface area contributed by atoms with Gasteiger partial charge in [0.05, 0.1) is 17.1 Å². The van der Waals surface area contributed by atoms with E-state index in [-0.39, 0.29) is 4.90 Å². The Hall–Kier alpha value is -2.20. The zero-order valence-electron chi connectivity index (χ0n) is 16.5. The fraction of sp³-hybridized carbons (Fsp3) is 0.350. The van der Waals surface area contributed by atoms with Crippen molar-refractivity contribution in [1.82, 2.24) is 13.8 Å². The number of para-hydroxylation sites is 1. The number of sulfonamides is 1. The van der Waals surface area contributed by atoms with Crippen molar-refractivity contribution in [3.63, 3.8) is 0 Å². The van der Waals surface area contributed by atoms with E-state index >= 15 is 0 Å². The average Bonchev–Trinajstić information content (AvgIpc) is 3.03. The van der Waals surface area contributed by atoms with Crippen LogP contribution in [-0.4, -0.2) is 62.5 Å². The monoisotopic (exact) mass is 432 g/mol. The van der Waals surface area contributed by atoms with Gasteiger partial charge >= 0.3 is 0 Å². The molecule has 2 heterocycles. The van der Waals surface area contributed by atoms with Gasteiger partial charge in [-0.25, -0.2) is 12.7 Å². The molecule has 3 aromatic rings. The van der Waals surface area contributed by atoms with E-state index in [0.717, 1.165) is 26.2 Å². The third-order valence-corrected chi connectivity index (χ3v) is 7.37. The third-order valence-electron chi connectivity index (χ3n) is 5.25. The van der Waals surface area contributed by atoms with E-state index in [1.165, 1.54) is 24.1 Å². The van der Waals surface area contributed by atoms with Crippen LogP contribution >= 0.6 is 12.2 Å². The molecule has 0 aliphatic carbocycles. The Balaban J connectivity index is 1.55. The Morgan fingerprint density at radius 3 is 2.38 bits per heavy atom. The number of rotatable bonds is 5. The van der Waals surface area contributed by atoms with Crippen molar-refractivity contribution >= 4 is 39.0 Å². The highest BCUT2D eigenvalue weighted by Crippen LogP contribution is 2.24. The van der Waals surface area contributed by atoms with Gasteiger partial charge in [-0.05, 0) is 42.5 Å². The van der Waals surface area contributed by atoms with Crippen LogP contribution in [0, 0.1) is 4.84 Å². The van der Waals surface area contributed by atoms with Crippen LogP contribution in [0.2, 0.25) is 0 Å². The van der Waals surface area contributed by atoms with Gasteiger partial charge in [-0.2, -0.15) is 0 Å². The van der Waals surface area contributed by atoms with Gasteiger partial charge in [-0.3, -0.25) is 9.47 Å². The largest absolute Gasteiger partial charge is 0.429 e. The van der Waals surface area contributed by atoms with Crippen molar-refractivity contribution in [2.24, 2.45) is 0 Å². The SMILES string of the molecule is CN(C)S(=O)(=O)c1ccc2oc(=S)n(CN3CCN(c4ccccc4)CC3)c2c1. The molecule has 154 valence electrons. The Bertz CT molecular complexity index is 1160. The van der Waals surface area contributed by atoms with Crippen molar-refractivity contribution in [2.45, 2.75) is 11.6 Å². The van der Waals surface area contributed by atoms with Crippen molar-refractivity contribution in [3.05, 3.63) is 53.4 Å². The summed E-state index contributed by atoms with van der Waals surface area (Å²) in [7, 11) is -0.480. The predicted molar refractivity (Wildman–Crippen MR) is 116 cm³/mol. The first kappa shape index (κ1) is 20.1. The number of piperazine rings is 1. The first-order valence-corrected chi connectivity index (χ1v) is 11.3. The number of fused-ring (bicyclic) bond motifs is 1. The second-order valence-corrected chi connectivity index (χ2v) is 9.80. The van der Waals surface area contributed by atoms with E-state index < -0.39 is 10.0 Å². The van der Waals surface area contributed by atoms with Crippen molar-refractivity contribution in [1.29, 1.82) is 0 Å². The normalized spacial score (nSPS) is 16.0. The molecule has 0 saturated carbocycles. The lowest BCUT2D eigenvalue weighted by Crippen LogP contribution is -2.46. The molecule has 29 heavy (non-hydrogen) atoms. The first-order chi connectivity index (χ1) is 13.9. The minimum Gasteiger partial charge on any atom is -0.429 e. The molecule has 1 aliphatic rings. The maximum absolute atomic E-state index is 12.5. The van der Waals surface area contributed by atoms with E-state index in [1.54, 1.807) is 18.2 Å². The van der Waals surface area contributed by atoms with Crippen molar-refractivity contribution in [2.75, 3.05) is 45.2 Å². The van der Waals surface area contributed by atoms with Gasteiger partial charge < -0.3 is 9.32 Å². The molecule has 0 unspecified atom stereocenters. The van der Waals surface area contributed by atoms with Gasteiger partial charge in [0.15, 0.2) is 5.58 Å². The highest BCUT2D eigenvalue weighted by Gasteiger charge is 2.21. The van der Waals surface area contributed by atoms with Crippen LogP contribution in [0.25, 0.3) is 11.1 Å². The standard InChI is InChI=1S/C20H24N4O3S2/c1-21(2)29(25,26)17-8-9-19-18(14-17)24(20(28)27-19)15-22-10-12-23(13-11-22)16-6-4-3-5-7-16/h3-9,14H,10-13,15H2,1-2H3. The summed E-state index contributed by atoms with van der Waals surface area (Å²) < 4.78 is 33.8. The molecule has 4 rings (SSSR count). The topological polar surface area (TPSA) is 61.9 Å². The molecule has 0 bridgehead atoms. The zero-order valence-corrected chi connectivity index (χ0v) is 18.1. The number of benzene rings is 2. The molecule has 1 saturated heterocycles. The summed E-state index contributed by atoms with van der Waals surface area (Å²) in [5.74, 6) is 0. The molecule has 0 spiro atoms. The lowest BCUT2D eigenvalue weighted by molar-refractivity contribution is 0.204. The number of aromatic nitrogens is 1. The maximum Gasteiger partial charge on any atom is 0.270 e. The first-order valence-electron chi connectivity index (χ1n) is 9.44. The molecule has 0 amide bonds. The predicted octanol–water partition coefficient (Wildman–Crippen LogP) is 2.99. The maximum atomic E-state index is 12.5. The van der Waals surface area contributed by atoms with Gasteiger partial charge in [0.2, 0.25) is 10.0 Å². The molecular weight excluding hydrogens is 408 g/mol. The average molecular weight is 433 g/mol. The van der Waals surface area contributed by atoms with E-state index in [0.29, 0.717) is 22.6 Å². The summed E-state index contributed by atoms with van der Waals surface area (Å²) in [6.07, 6.45) is 0. The lowest BCUT2D eigenvalue weighted by Gasteiger charge is -2.36. The second kappa shape index (κ2) is 7.91. The fourth-order valence-corrected chi connectivity index (χ4v) is 4.70. The summed E-state index contributed by atoms with van der Waals surface area (Å²) in [5.41, 5.74) is 2.52. The van der Waals surface area contributed by atoms with E-state index in [9.17, 15) is 8.42 Å². The number of nitrogens with zero attached hydrogens (tertiary/aromatic N) is 4. The molecule has 1 aliphatic heterocycles. The Morgan fingerprint density at radius 1 is 1.03 bits per heavy atom. The van der Waals surface area contributed by atoms with Crippen LogP contribution < -0.4 is 4.90 Å². The summed E-state index contributed by atoms with van der Waals surface area (Å²) in [6.45, 7) is 4.19. The summed E-state index contributed by atoms with van der Waals surface area (Å²) in [4.78, 5) is 5.25. The Labute approximate surface area is 175 Å². The molecule has 0 atom stereocenters. The van der Waals surface area contributed by atoms with Crippen molar-refractivity contribution < 1.29 is 12.8 Å². The van der Waals surface area contributed by atoms with E-state index in [4.69, 9.17) is 16.6 Å². The smallest absolute Gasteiger partial charge is 0.270 e. The third kappa shape index (κ3) is 3.95. The number of hydrogen-bond acceptors (Lipinski definition) is 6. The van der Waals surface area contributed by atoms with Crippen LogP contribution in [0.3, 0.4) is 0 Å². The highest BCUT2D eigenvalue weighted by atomic mass is 32.2. The van der Waals surface area contributed by atoms with Gasteiger partial charge in [0, 0.05) is 46.0 Å². The van der Waals surface area contributed by atoms with Gasteiger partial charge in [0.1, 0.15) is 0 Å². The minimum absolute atomic E-state index is 0.230. The van der Waals surface area contributed by atoms with E-state index in [1.807, 2.05) is 10.6 Å². The summed E-state index contributed by atoms with van der Waals surface area (Å²) >= 11 is 5.41. The molecule has 9 heteroatoms. The summed E-state index contributed by atoms with van der Waals surface area (Å²) in [6, 6.07) is 15.3. The lowest BCUT2D eigenvalue weighted by atomic mass is 10.2. The molecule has 1 fully saturated rings. The van der Waals surface area contributed by atoms with Gasteiger partial charge in [0.25, 0.3) is 4.84 Å². The molecule has 0 radical (unpaired) electrons. The van der Waals surface area contributed by atoms with Crippen LogP contribution in [0.1, 0.15) is 0 Å². The molecule has 1 aromatic heterocycles. The molecular formula is C20H24N4O3S2. The number of hydrogen-bond donors (Lipinski definition) is 0. The zero-order chi connectivity index (χ0) is 20.6. The van der Waals surface area contributed by atoms with Crippen molar-refractivity contribution in [3.8, 4) is 0 Å². The minimum atomic E-state index is -3.52. The van der Waals surface area contributed by atoms with Crippen LogP contribution in [-0.2, 0) is 16.7 Å². The van der Waals surface area contributed by atoms with Gasteiger partial charge in [-0.1, -0.05) is 18.2 Å². The van der Waals surface area contributed by atoms with Crippen LogP contribution in [0.5, 0.6) is 0 Å². The van der Waals surface area contributed by atoms with E-state index in [2.05, 4.69) is 34.1 Å². The number of anilines is 1. The Morgan fingerprint density at radius 2 is 1.72 bits per heavy atom.